The van der Waals surface area contributed by atoms with Gasteiger partial charge >= 0.3 is 0 Å². The van der Waals surface area contributed by atoms with Crippen molar-refractivity contribution < 1.29 is 23.4 Å². The van der Waals surface area contributed by atoms with E-state index in [1.54, 1.807) is 12.4 Å². The van der Waals surface area contributed by atoms with E-state index in [4.69, 9.17) is 14.2 Å². The third-order valence-electron chi connectivity index (χ3n) is 4.30. The number of hydrogen-bond acceptors (Lipinski definition) is 5. The van der Waals surface area contributed by atoms with Crippen LogP contribution < -0.4 is 14.8 Å². The second-order valence-corrected chi connectivity index (χ2v) is 5.74. The van der Waals surface area contributed by atoms with Gasteiger partial charge in [0.2, 0.25) is 6.79 Å². The predicted octanol–water partition coefficient (Wildman–Crippen LogP) is 1.79. The fraction of sp³-hybridized carbons (Fsp3) is 0.375. The topological polar surface area (TPSA) is 85.5 Å². The number of halogens is 1. The van der Waals surface area contributed by atoms with E-state index >= 15 is 0 Å². The highest BCUT2D eigenvalue weighted by molar-refractivity contribution is 5.98. The molecule has 7 nitrogen and oxygen atoms in total. The number of ether oxygens (including phenoxy) is 3. The van der Waals surface area contributed by atoms with Crippen LogP contribution in [0.4, 0.5) is 4.39 Å². The first-order valence-corrected chi connectivity index (χ1v) is 7.70. The van der Waals surface area contributed by atoms with Crippen LogP contribution in [0, 0.1) is 11.7 Å². The van der Waals surface area contributed by atoms with Crippen LogP contribution in [0.3, 0.4) is 0 Å². The maximum absolute atomic E-state index is 14.1. The third kappa shape index (κ3) is 2.58. The zero-order valence-corrected chi connectivity index (χ0v) is 12.8. The number of carbonyl (C=O) groups excluding carboxylic acids is 1. The number of fused-ring (bicyclic) bond motifs is 1. The zero-order valence-electron chi connectivity index (χ0n) is 12.8. The van der Waals surface area contributed by atoms with Gasteiger partial charge < -0.3 is 19.5 Å². The molecule has 2 aromatic rings. The molecule has 2 N–H and O–H groups in total. The lowest BCUT2D eigenvalue weighted by Crippen LogP contribution is -2.31. The Hall–Kier alpha value is -2.61. The van der Waals surface area contributed by atoms with Crippen molar-refractivity contribution in [1.29, 1.82) is 0 Å². The number of hydrogen-bond donors (Lipinski definition) is 2. The summed E-state index contributed by atoms with van der Waals surface area (Å²) in [6.07, 6.45) is 4.17. The van der Waals surface area contributed by atoms with Crippen molar-refractivity contribution in [1.82, 2.24) is 15.5 Å². The lowest BCUT2D eigenvalue weighted by molar-refractivity contribution is 0.0842. The van der Waals surface area contributed by atoms with Gasteiger partial charge in [-0.15, -0.1) is 0 Å². The van der Waals surface area contributed by atoms with Gasteiger partial charge in [-0.2, -0.15) is 5.10 Å². The van der Waals surface area contributed by atoms with Gasteiger partial charge in [0.15, 0.2) is 11.5 Å². The fourth-order valence-electron chi connectivity index (χ4n) is 3.10. The van der Waals surface area contributed by atoms with E-state index in [2.05, 4.69) is 15.5 Å². The van der Waals surface area contributed by atoms with E-state index in [-0.39, 0.29) is 30.1 Å². The highest BCUT2D eigenvalue weighted by atomic mass is 19.1. The Kier molecular flexibility index (Phi) is 3.81. The summed E-state index contributed by atoms with van der Waals surface area (Å²) in [6.45, 7) is 0.971. The van der Waals surface area contributed by atoms with Gasteiger partial charge in [-0.3, -0.25) is 9.89 Å². The molecule has 3 heterocycles. The second kappa shape index (κ2) is 6.12. The molecule has 0 bridgehead atoms. The van der Waals surface area contributed by atoms with E-state index in [0.717, 1.165) is 12.0 Å². The number of amides is 1. The Labute approximate surface area is 137 Å². The summed E-state index contributed by atoms with van der Waals surface area (Å²) in [6, 6.07) is 2.66. The molecule has 8 heteroatoms. The Bertz CT molecular complexity index is 750. The summed E-state index contributed by atoms with van der Waals surface area (Å²) in [4.78, 5) is 12.4. The molecule has 1 aromatic heterocycles. The first kappa shape index (κ1) is 14.9. The summed E-state index contributed by atoms with van der Waals surface area (Å²) in [5.41, 5.74) is 0.819. The summed E-state index contributed by atoms with van der Waals surface area (Å²) in [7, 11) is 0. The van der Waals surface area contributed by atoms with Crippen molar-refractivity contribution in [3.63, 3.8) is 0 Å². The molecule has 1 saturated heterocycles. The van der Waals surface area contributed by atoms with Gasteiger partial charge in [0, 0.05) is 30.8 Å². The number of aromatic amines is 1. The third-order valence-corrected chi connectivity index (χ3v) is 4.30. The average Bonchev–Trinajstić information content (AvgIpc) is 3.31. The number of nitrogens with zero attached hydrogens (tertiary/aromatic N) is 1. The van der Waals surface area contributed by atoms with Crippen molar-refractivity contribution in [3.8, 4) is 11.5 Å². The van der Waals surface area contributed by atoms with Crippen LogP contribution in [-0.4, -0.2) is 36.0 Å². The van der Waals surface area contributed by atoms with Crippen LogP contribution in [0.5, 0.6) is 11.5 Å². The van der Waals surface area contributed by atoms with Crippen molar-refractivity contribution in [2.75, 3.05) is 19.9 Å². The molecule has 1 amide bonds. The minimum atomic E-state index is -0.634. The second-order valence-electron chi connectivity index (χ2n) is 5.74. The Morgan fingerprint density at radius 3 is 3.17 bits per heavy atom. The van der Waals surface area contributed by atoms with Crippen LogP contribution in [0.15, 0.2) is 24.5 Å². The number of aromatic nitrogens is 2. The van der Waals surface area contributed by atoms with Crippen LogP contribution in [-0.2, 0) is 4.74 Å². The highest BCUT2D eigenvalue weighted by Gasteiger charge is 2.32. The molecule has 4 rings (SSSR count). The van der Waals surface area contributed by atoms with E-state index in [1.165, 1.54) is 12.1 Å². The first-order chi connectivity index (χ1) is 11.7. The molecule has 0 unspecified atom stereocenters. The fourth-order valence-corrected chi connectivity index (χ4v) is 3.10. The van der Waals surface area contributed by atoms with Gasteiger partial charge in [-0.1, -0.05) is 0 Å². The smallest absolute Gasteiger partial charge is 0.258 e. The van der Waals surface area contributed by atoms with Crippen molar-refractivity contribution in [3.05, 3.63) is 41.5 Å². The lowest BCUT2D eigenvalue weighted by atomic mass is 9.97. The molecule has 1 fully saturated rings. The number of carbonyl (C=O) groups is 1. The maximum atomic E-state index is 14.1. The zero-order chi connectivity index (χ0) is 16.5. The van der Waals surface area contributed by atoms with Crippen molar-refractivity contribution in [2.45, 2.75) is 12.5 Å². The summed E-state index contributed by atoms with van der Waals surface area (Å²) in [5.74, 6) is -0.523. The number of H-pyrrole nitrogens is 1. The number of benzene rings is 1. The van der Waals surface area contributed by atoms with Crippen molar-refractivity contribution in [2.24, 2.45) is 5.92 Å². The highest BCUT2D eigenvalue weighted by Crippen LogP contribution is 2.37. The average molecular weight is 333 g/mol. The Morgan fingerprint density at radius 2 is 2.33 bits per heavy atom. The summed E-state index contributed by atoms with van der Waals surface area (Å²) in [5, 5.41) is 9.46. The molecule has 0 saturated carbocycles. The Balaban J connectivity index is 1.47. The molecule has 2 aliphatic rings. The van der Waals surface area contributed by atoms with Gasteiger partial charge in [-0.25, -0.2) is 4.39 Å². The normalized spacial score (nSPS) is 21.9. The molecule has 2 atom stereocenters. The lowest BCUT2D eigenvalue weighted by Gasteiger charge is -2.18. The van der Waals surface area contributed by atoms with E-state index in [9.17, 15) is 9.18 Å². The molecule has 0 aliphatic carbocycles. The summed E-state index contributed by atoms with van der Waals surface area (Å²) < 4.78 is 30.2. The molecule has 1 aromatic carbocycles. The van der Waals surface area contributed by atoms with Crippen LogP contribution in [0.1, 0.15) is 28.4 Å². The largest absolute Gasteiger partial charge is 0.454 e. The summed E-state index contributed by atoms with van der Waals surface area (Å²) >= 11 is 0. The standard InChI is InChI=1S/C16H16FN3O4/c17-11-1-2-12-15(24-8-23-12)13(11)16(21)18-5-9-3-4-22-14(9)10-6-19-20-7-10/h1-2,6-7,9,14H,3-5,8H2,(H,18,21)(H,19,20)/t9-,14+/m0/s1. The SMILES string of the molecule is O=C(NC[C@@H]1CCO[C@H]1c1cn[nH]c1)c1c(F)ccc2c1OCO2. The molecule has 24 heavy (non-hydrogen) atoms. The van der Waals surface area contributed by atoms with Gasteiger partial charge in [-0.05, 0) is 18.6 Å². The van der Waals surface area contributed by atoms with E-state index in [1.807, 2.05) is 0 Å². The van der Waals surface area contributed by atoms with Gasteiger partial charge in [0.1, 0.15) is 11.4 Å². The Morgan fingerprint density at radius 1 is 1.42 bits per heavy atom. The molecule has 0 spiro atoms. The van der Waals surface area contributed by atoms with Crippen LogP contribution >= 0.6 is 0 Å². The minimum absolute atomic E-state index is 0.0158. The van der Waals surface area contributed by atoms with Gasteiger partial charge in [0.25, 0.3) is 5.91 Å². The molecular weight excluding hydrogens is 317 g/mol. The van der Waals surface area contributed by atoms with E-state index < -0.39 is 11.7 Å². The van der Waals surface area contributed by atoms with Gasteiger partial charge in [0.05, 0.1) is 12.3 Å². The number of nitrogens with one attached hydrogen (secondary N) is 2. The maximum Gasteiger partial charge on any atom is 0.258 e. The molecule has 126 valence electrons. The van der Waals surface area contributed by atoms with Crippen LogP contribution in [0.25, 0.3) is 0 Å². The number of rotatable bonds is 4. The first-order valence-electron chi connectivity index (χ1n) is 7.70. The molecule has 2 aliphatic heterocycles. The van der Waals surface area contributed by atoms with Crippen LogP contribution in [0.2, 0.25) is 0 Å². The monoisotopic (exact) mass is 333 g/mol. The van der Waals surface area contributed by atoms with E-state index in [0.29, 0.717) is 18.9 Å². The molecular formula is C16H16FN3O4. The van der Waals surface area contributed by atoms with Crippen molar-refractivity contribution >= 4 is 5.91 Å². The molecule has 0 radical (unpaired) electrons. The quantitative estimate of drug-likeness (QED) is 0.891. The minimum Gasteiger partial charge on any atom is -0.454 e. The predicted molar refractivity (Wildman–Crippen MR) is 80.2 cm³/mol.